The number of rotatable bonds is 6. The van der Waals surface area contributed by atoms with Crippen molar-refractivity contribution in [3.8, 4) is 17.2 Å². The van der Waals surface area contributed by atoms with Gasteiger partial charge < -0.3 is 9.15 Å². The molecule has 0 saturated carbocycles. The molecule has 8 heteroatoms. The molecule has 2 aliphatic heterocycles. The number of fused-ring (bicyclic) bond motifs is 1. The highest BCUT2D eigenvalue weighted by atomic mass is 16.5. The summed E-state index contributed by atoms with van der Waals surface area (Å²) < 4.78 is 11.6. The molecule has 2 atom stereocenters. The molecule has 0 aliphatic carbocycles. The molecule has 170 valence electrons. The van der Waals surface area contributed by atoms with Gasteiger partial charge in [0.15, 0.2) is 0 Å². The molecular weight excluding hydrogens is 418 g/mol. The first-order valence-electron chi connectivity index (χ1n) is 11.2. The van der Waals surface area contributed by atoms with Crippen LogP contribution in [0.2, 0.25) is 0 Å². The lowest BCUT2D eigenvalue weighted by Gasteiger charge is -2.29. The van der Waals surface area contributed by atoms with Crippen LogP contribution in [-0.2, 0) is 11.3 Å². The number of nitrogens with one attached hydrogen (secondary N) is 1. The normalized spacial score (nSPS) is 19.9. The van der Waals surface area contributed by atoms with Gasteiger partial charge in [-0.05, 0) is 57.0 Å². The summed E-state index contributed by atoms with van der Waals surface area (Å²) in [5.74, 6) is 1.93. The molecular formula is C25H27N5O3. The fourth-order valence-corrected chi connectivity index (χ4v) is 4.14. The van der Waals surface area contributed by atoms with Crippen LogP contribution in [0.1, 0.15) is 43.3 Å². The molecule has 2 unspecified atom stereocenters. The largest absolute Gasteiger partial charge is 0.491 e. The zero-order valence-electron chi connectivity index (χ0n) is 18.9. The van der Waals surface area contributed by atoms with Gasteiger partial charge >= 0.3 is 0 Å². The summed E-state index contributed by atoms with van der Waals surface area (Å²) in [5.41, 5.74) is 6.07. The second-order valence-electron chi connectivity index (χ2n) is 8.59. The third kappa shape index (κ3) is 4.34. The second kappa shape index (κ2) is 8.71. The van der Waals surface area contributed by atoms with Gasteiger partial charge in [-0.15, -0.1) is 0 Å². The molecule has 5 rings (SSSR count). The summed E-state index contributed by atoms with van der Waals surface area (Å²) in [6, 6.07) is 17.6. The number of carbonyl (C=O) groups excluding carboxylic acids is 1. The van der Waals surface area contributed by atoms with Crippen LogP contribution < -0.4 is 10.2 Å². The molecule has 2 aromatic carbocycles. The number of oxazole rings is 1. The second-order valence-corrected chi connectivity index (χ2v) is 8.59. The van der Waals surface area contributed by atoms with Crippen molar-refractivity contribution in [2.45, 2.75) is 51.9 Å². The number of benzene rings is 2. The van der Waals surface area contributed by atoms with Crippen LogP contribution in [0.15, 0.2) is 64.1 Å². The highest BCUT2D eigenvalue weighted by molar-refractivity contribution is 5.87. The number of hydrogen-bond acceptors (Lipinski definition) is 7. The molecule has 1 aromatic heterocycles. The SMILES string of the molecule is Cc1oc(-c2ccc(OC(C)C)cc2)nc1CN1N=CN2NC(c3ccccc3)CC2C1=O. The minimum Gasteiger partial charge on any atom is -0.491 e. The Morgan fingerprint density at radius 2 is 1.91 bits per heavy atom. The molecule has 1 N–H and O–H groups in total. The Morgan fingerprint density at radius 1 is 1.15 bits per heavy atom. The lowest BCUT2D eigenvalue weighted by Crippen LogP contribution is -2.50. The monoisotopic (exact) mass is 445 g/mol. The predicted octanol–water partition coefficient (Wildman–Crippen LogP) is 4.04. The van der Waals surface area contributed by atoms with E-state index in [0.717, 1.165) is 16.9 Å². The maximum Gasteiger partial charge on any atom is 0.267 e. The molecule has 8 nitrogen and oxygen atoms in total. The number of hydrazone groups is 1. The summed E-state index contributed by atoms with van der Waals surface area (Å²) in [4.78, 5) is 17.8. The van der Waals surface area contributed by atoms with Crippen molar-refractivity contribution in [1.82, 2.24) is 20.4 Å². The molecule has 1 amide bonds. The summed E-state index contributed by atoms with van der Waals surface area (Å²) in [6.07, 6.45) is 2.47. The quantitative estimate of drug-likeness (QED) is 0.617. The van der Waals surface area contributed by atoms with E-state index in [4.69, 9.17) is 9.15 Å². The van der Waals surface area contributed by atoms with Crippen molar-refractivity contribution >= 4 is 12.2 Å². The van der Waals surface area contributed by atoms with Gasteiger partial charge in [-0.25, -0.2) is 15.4 Å². The molecule has 3 heterocycles. The minimum atomic E-state index is -0.298. The molecule has 0 bridgehead atoms. The van der Waals surface area contributed by atoms with Crippen LogP contribution in [0.3, 0.4) is 0 Å². The Bertz CT molecular complexity index is 1160. The first-order valence-corrected chi connectivity index (χ1v) is 11.2. The average molecular weight is 446 g/mol. The maximum absolute atomic E-state index is 13.2. The summed E-state index contributed by atoms with van der Waals surface area (Å²) in [5, 5.41) is 7.64. The van der Waals surface area contributed by atoms with Gasteiger partial charge in [0.1, 0.15) is 29.6 Å². The van der Waals surface area contributed by atoms with Crippen molar-refractivity contribution < 1.29 is 13.9 Å². The third-order valence-electron chi connectivity index (χ3n) is 5.82. The fourth-order valence-electron chi connectivity index (χ4n) is 4.14. The smallest absolute Gasteiger partial charge is 0.267 e. The van der Waals surface area contributed by atoms with Crippen LogP contribution in [0.5, 0.6) is 5.75 Å². The van der Waals surface area contributed by atoms with E-state index in [0.29, 0.717) is 23.8 Å². The van der Waals surface area contributed by atoms with Gasteiger partial charge in [-0.1, -0.05) is 30.3 Å². The van der Waals surface area contributed by atoms with Crippen molar-refractivity contribution in [3.63, 3.8) is 0 Å². The maximum atomic E-state index is 13.2. The summed E-state index contributed by atoms with van der Waals surface area (Å²) in [7, 11) is 0. The minimum absolute atomic E-state index is 0.0532. The van der Waals surface area contributed by atoms with Gasteiger partial charge in [-0.3, -0.25) is 9.80 Å². The average Bonchev–Trinajstić information content (AvgIpc) is 3.41. The van der Waals surface area contributed by atoms with E-state index in [1.165, 1.54) is 5.01 Å². The van der Waals surface area contributed by atoms with Gasteiger partial charge in [0.05, 0.1) is 18.7 Å². The lowest BCUT2D eigenvalue weighted by atomic mass is 10.0. The number of hydrazine groups is 1. The Balaban J connectivity index is 1.28. The number of aromatic nitrogens is 1. The Hall–Kier alpha value is -3.65. The first-order chi connectivity index (χ1) is 16.0. The summed E-state index contributed by atoms with van der Waals surface area (Å²) >= 11 is 0. The van der Waals surface area contributed by atoms with Crippen molar-refractivity contribution in [1.29, 1.82) is 0 Å². The van der Waals surface area contributed by atoms with Crippen LogP contribution in [0.4, 0.5) is 0 Å². The van der Waals surface area contributed by atoms with E-state index in [9.17, 15) is 4.79 Å². The highest BCUT2D eigenvalue weighted by Crippen LogP contribution is 2.30. The highest BCUT2D eigenvalue weighted by Gasteiger charge is 2.41. The number of hydrogen-bond donors (Lipinski definition) is 1. The molecule has 1 saturated heterocycles. The van der Waals surface area contributed by atoms with E-state index in [2.05, 4.69) is 27.6 Å². The van der Waals surface area contributed by atoms with E-state index < -0.39 is 0 Å². The molecule has 1 fully saturated rings. The van der Waals surface area contributed by atoms with Crippen LogP contribution in [0.25, 0.3) is 11.5 Å². The predicted molar refractivity (Wildman–Crippen MR) is 124 cm³/mol. The number of aryl methyl sites for hydroxylation is 1. The van der Waals surface area contributed by atoms with E-state index in [1.54, 1.807) is 11.3 Å². The standard InChI is InChI=1S/C25H27N5O3/c1-16(2)32-20-11-9-19(10-12-20)24-27-22(17(3)33-24)14-29-25(31)23-13-21(28-30(23)15-26-29)18-7-5-4-6-8-18/h4-12,15-16,21,23,28H,13-14H2,1-3H3. The zero-order valence-corrected chi connectivity index (χ0v) is 18.9. The molecule has 2 aliphatic rings. The number of amides is 1. The van der Waals surface area contributed by atoms with Crippen molar-refractivity contribution in [2.24, 2.45) is 5.10 Å². The Labute approximate surface area is 192 Å². The van der Waals surface area contributed by atoms with E-state index in [1.807, 2.05) is 63.2 Å². The third-order valence-corrected chi connectivity index (χ3v) is 5.82. The molecule has 3 aromatic rings. The number of nitrogens with zero attached hydrogens (tertiary/aromatic N) is 4. The number of ether oxygens (including phenoxy) is 1. The van der Waals surface area contributed by atoms with Crippen LogP contribution >= 0.6 is 0 Å². The Kier molecular flexibility index (Phi) is 5.60. The zero-order chi connectivity index (χ0) is 22.9. The van der Waals surface area contributed by atoms with Crippen LogP contribution in [-0.4, -0.2) is 39.4 Å². The number of carbonyl (C=O) groups is 1. The van der Waals surface area contributed by atoms with Crippen LogP contribution in [0, 0.1) is 6.92 Å². The van der Waals surface area contributed by atoms with Gasteiger partial charge in [0.25, 0.3) is 5.91 Å². The molecule has 33 heavy (non-hydrogen) atoms. The van der Waals surface area contributed by atoms with Crippen molar-refractivity contribution in [3.05, 3.63) is 71.6 Å². The fraction of sp³-hybridized carbons (Fsp3) is 0.320. The summed E-state index contributed by atoms with van der Waals surface area (Å²) in [6.45, 7) is 6.10. The first kappa shape index (κ1) is 21.2. The van der Waals surface area contributed by atoms with E-state index >= 15 is 0 Å². The van der Waals surface area contributed by atoms with Crippen molar-refractivity contribution in [2.75, 3.05) is 0 Å². The Morgan fingerprint density at radius 3 is 2.64 bits per heavy atom. The topological polar surface area (TPSA) is 83.2 Å². The molecule has 0 spiro atoms. The van der Waals surface area contributed by atoms with Gasteiger partial charge in [0.2, 0.25) is 5.89 Å². The molecule has 0 radical (unpaired) electrons. The van der Waals surface area contributed by atoms with E-state index in [-0.39, 0.29) is 30.6 Å². The van der Waals surface area contributed by atoms with Gasteiger partial charge in [-0.2, -0.15) is 5.10 Å². The lowest BCUT2D eigenvalue weighted by molar-refractivity contribution is -0.137. The van der Waals surface area contributed by atoms with Gasteiger partial charge in [0, 0.05) is 5.56 Å².